The summed E-state index contributed by atoms with van der Waals surface area (Å²) in [5.74, 6) is 1.82. The smallest absolute Gasteiger partial charge is 0.291 e. The molecule has 0 aliphatic carbocycles. The van der Waals surface area contributed by atoms with E-state index in [0.29, 0.717) is 17.2 Å². The molecule has 5 heteroatoms. The lowest BCUT2D eigenvalue weighted by Gasteiger charge is -2.10. The van der Waals surface area contributed by atoms with Crippen LogP contribution in [0.4, 0.5) is 5.69 Å². The Labute approximate surface area is 158 Å². The Morgan fingerprint density at radius 3 is 2.56 bits per heavy atom. The van der Waals surface area contributed by atoms with Crippen LogP contribution in [0.5, 0.6) is 11.5 Å². The van der Waals surface area contributed by atoms with Gasteiger partial charge in [0.15, 0.2) is 5.76 Å². The summed E-state index contributed by atoms with van der Waals surface area (Å²) in [5, 5.41) is 2.82. The number of carbonyl (C=O) groups excluding carboxylic acids is 1. The molecular weight excluding hydrogens is 342 g/mol. The van der Waals surface area contributed by atoms with Crippen molar-refractivity contribution in [3.8, 4) is 11.5 Å². The summed E-state index contributed by atoms with van der Waals surface area (Å²) in [4.78, 5) is 12.5. The van der Waals surface area contributed by atoms with Gasteiger partial charge in [0.25, 0.3) is 5.91 Å². The first-order chi connectivity index (χ1) is 13.1. The fourth-order valence-electron chi connectivity index (χ4n) is 2.66. The SMILES string of the molecule is CCc1ccc(OCc2ccc(C(=O)Nc3cc(C)ccc3OC)o2)cc1. The zero-order valence-electron chi connectivity index (χ0n) is 15.7. The van der Waals surface area contributed by atoms with Gasteiger partial charge in [-0.1, -0.05) is 25.1 Å². The predicted molar refractivity (Wildman–Crippen MR) is 105 cm³/mol. The van der Waals surface area contributed by atoms with E-state index in [2.05, 4.69) is 12.2 Å². The van der Waals surface area contributed by atoms with Crippen molar-refractivity contribution in [2.24, 2.45) is 0 Å². The number of amides is 1. The third-order valence-electron chi connectivity index (χ3n) is 4.20. The summed E-state index contributed by atoms with van der Waals surface area (Å²) in [5.41, 5.74) is 2.88. The highest BCUT2D eigenvalue weighted by Gasteiger charge is 2.14. The van der Waals surface area contributed by atoms with E-state index in [4.69, 9.17) is 13.9 Å². The molecule has 0 aliphatic heterocycles. The van der Waals surface area contributed by atoms with E-state index in [0.717, 1.165) is 17.7 Å². The number of hydrogen-bond donors (Lipinski definition) is 1. The Bertz CT molecular complexity index is 912. The Kier molecular flexibility index (Phi) is 5.81. The third-order valence-corrected chi connectivity index (χ3v) is 4.20. The molecule has 0 saturated carbocycles. The predicted octanol–water partition coefficient (Wildman–Crippen LogP) is 4.99. The number of aryl methyl sites for hydroxylation is 2. The minimum atomic E-state index is -0.336. The highest BCUT2D eigenvalue weighted by molar-refractivity contribution is 6.03. The van der Waals surface area contributed by atoms with E-state index in [1.54, 1.807) is 19.2 Å². The van der Waals surface area contributed by atoms with Gasteiger partial charge in [-0.05, 0) is 60.9 Å². The summed E-state index contributed by atoms with van der Waals surface area (Å²) in [6, 6.07) is 16.9. The highest BCUT2D eigenvalue weighted by Crippen LogP contribution is 2.26. The second-order valence-electron chi connectivity index (χ2n) is 6.21. The van der Waals surface area contributed by atoms with Gasteiger partial charge in [-0.25, -0.2) is 0 Å². The number of anilines is 1. The molecule has 0 radical (unpaired) electrons. The van der Waals surface area contributed by atoms with Gasteiger partial charge in [-0.2, -0.15) is 0 Å². The molecule has 1 heterocycles. The quantitative estimate of drug-likeness (QED) is 0.641. The van der Waals surface area contributed by atoms with E-state index in [1.165, 1.54) is 5.56 Å². The zero-order chi connectivity index (χ0) is 19.2. The summed E-state index contributed by atoms with van der Waals surface area (Å²) in [6.45, 7) is 4.31. The van der Waals surface area contributed by atoms with Gasteiger partial charge in [-0.15, -0.1) is 0 Å². The Morgan fingerprint density at radius 2 is 1.85 bits per heavy atom. The van der Waals surface area contributed by atoms with Crippen molar-refractivity contribution in [1.29, 1.82) is 0 Å². The van der Waals surface area contributed by atoms with Crippen LogP contribution < -0.4 is 14.8 Å². The van der Waals surface area contributed by atoms with Crippen LogP contribution in [0.2, 0.25) is 0 Å². The molecule has 0 spiro atoms. The molecule has 0 saturated heterocycles. The largest absolute Gasteiger partial charge is 0.495 e. The summed E-state index contributed by atoms with van der Waals surface area (Å²) in [6.07, 6.45) is 0.989. The zero-order valence-corrected chi connectivity index (χ0v) is 15.7. The van der Waals surface area contributed by atoms with E-state index < -0.39 is 0 Å². The lowest BCUT2D eigenvalue weighted by atomic mass is 10.2. The van der Waals surface area contributed by atoms with Crippen LogP contribution >= 0.6 is 0 Å². The number of rotatable bonds is 7. The maximum absolute atomic E-state index is 12.5. The minimum Gasteiger partial charge on any atom is -0.495 e. The highest BCUT2D eigenvalue weighted by atomic mass is 16.5. The Balaban J connectivity index is 1.62. The molecule has 27 heavy (non-hydrogen) atoms. The summed E-state index contributed by atoms with van der Waals surface area (Å²) < 4.78 is 16.6. The first-order valence-electron chi connectivity index (χ1n) is 8.85. The van der Waals surface area contributed by atoms with Gasteiger partial charge in [-0.3, -0.25) is 4.79 Å². The topological polar surface area (TPSA) is 60.7 Å². The number of furan rings is 1. The van der Waals surface area contributed by atoms with Crippen molar-refractivity contribution in [2.45, 2.75) is 26.9 Å². The molecule has 0 atom stereocenters. The van der Waals surface area contributed by atoms with Gasteiger partial charge in [0, 0.05) is 0 Å². The molecule has 0 aliphatic rings. The van der Waals surface area contributed by atoms with Gasteiger partial charge in [0.05, 0.1) is 12.8 Å². The lowest BCUT2D eigenvalue weighted by molar-refractivity contribution is 0.0992. The van der Waals surface area contributed by atoms with Gasteiger partial charge < -0.3 is 19.2 Å². The molecule has 0 unspecified atom stereocenters. The Hall–Kier alpha value is -3.21. The van der Waals surface area contributed by atoms with Crippen LogP contribution in [-0.4, -0.2) is 13.0 Å². The fourth-order valence-corrected chi connectivity index (χ4v) is 2.66. The van der Waals surface area contributed by atoms with Crippen LogP contribution in [0.25, 0.3) is 0 Å². The second-order valence-corrected chi connectivity index (χ2v) is 6.21. The standard InChI is InChI=1S/C22H23NO4/c1-4-16-6-8-17(9-7-16)26-14-18-10-12-21(27-18)22(24)23-19-13-15(2)5-11-20(19)25-3/h5-13H,4,14H2,1-3H3,(H,23,24). The molecule has 3 rings (SSSR count). The van der Waals surface area contributed by atoms with Crippen LogP contribution in [0.3, 0.4) is 0 Å². The monoisotopic (exact) mass is 365 g/mol. The molecule has 5 nitrogen and oxygen atoms in total. The number of carbonyl (C=O) groups is 1. The van der Waals surface area contributed by atoms with Crippen molar-refractivity contribution in [3.05, 3.63) is 77.2 Å². The van der Waals surface area contributed by atoms with Gasteiger partial charge in [0.2, 0.25) is 0 Å². The number of benzene rings is 2. The summed E-state index contributed by atoms with van der Waals surface area (Å²) in [7, 11) is 1.57. The van der Waals surface area contributed by atoms with Crippen molar-refractivity contribution in [2.75, 3.05) is 12.4 Å². The van der Waals surface area contributed by atoms with E-state index in [1.807, 2.05) is 49.4 Å². The molecule has 1 N–H and O–H groups in total. The first kappa shape index (κ1) is 18.6. The number of methoxy groups -OCH3 is 1. The van der Waals surface area contributed by atoms with Crippen molar-refractivity contribution in [1.82, 2.24) is 0 Å². The second kappa shape index (κ2) is 8.45. The van der Waals surface area contributed by atoms with E-state index in [-0.39, 0.29) is 18.3 Å². The van der Waals surface area contributed by atoms with Gasteiger partial charge in [0.1, 0.15) is 23.9 Å². The molecule has 0 bridgehead atoms. The van der Waals surface area contributed by atoms with E-state index in [9.17, 15) is 4.79 Å². The van der Waals surface area contributed by atoms with Crippen LogP contribution in [0.1, 0.15) is 34.4 Å². The average molecular weight is 365 g/mol. The van der Waals surface area contributed by atoms with Crippen molar-refractivity contribution in [3.63, 3.8) is 0 Å². The van der Waals surface area contributed by atoms with Gasteiger partial charge >= 0.3 is 0 Å². The average Bonchev–Trinajstić information content (AvgIpc) is 3.16. The molecule has 1 amide bonds. The van der Waals surface area contributed by atoms with Crippen LogP contribution in [-0.2, 0) is 13.0 Å². The minimum absolute atomic E-state index is 0.221. The molecule has 2 aromatic carbocycles. The number of nitrogens with one attached hydrogen (secondary N) is 1. The Morgan fingerprint density at radius 1 is 1.07 bits per heavy atom. The van der Waals surface area contributed by atoms with Crippen LogP contribution in [0, 0.1) is 6.92 Å². The summed E-state index contributed by atoms with van der Waals surface area (Å²) >= 11 is 0. The molecule has 1 aromatic heterocycles. The lowest BCUT2D eigenvalue weighted by Crippen LogP contribution is -2.12. The van der Waals surface area contributed by atoms with E-state index >= 15 is 0 Å². The molecular formula is C22H23NO4. The first-order valence-corrected chi connectivity index (χ1v) is 8.85. The number of hydrogen-bond acceptors (Lipinski definition) is 4. The number of ether oxygens (including phenoxy) is 2. The fraction of sp³-hybridized carbons (Fsp3) is 0.227. The molecule has 3 aromatic rings. The third kappa shape index (κ3) is 4.70. The maximum Gasteiger partial charge on any atom is 0.291 e. The van der Waals surface area contributed by atoms with Crippen molar-refractivity contribution < 1.29 is 18.7 Å². The normalized spacial score (nSPS) is 10.5. The maximum atomic E-state index is 12.5. The van der Waals surface area contributed by atoms with Crippen molar-refractivity contribution >= 4 is 11.6 Å². The molecule has 0 fully saturated rings. The molecule has 140 valence electrons. The van der Waals surface area contributed by atoms with Crippen LogP contribution in [0.15, 0.2) is 59.0 Å².